The van der Waals surface area contributed by atoms with Crippen molar-refractivity contribution in [2.24, 2.45) is 5.73 Å². The summed E-state index contributed by atoms with van der Waals surface area (Å²) in [6.07, 6.45) is 0.239. The van der Waals surface area contributed by atoms with Crippen LogP contribution in [0.3, 0.4) is 0 Å². The second-order valence-corrected chi connectivity index (χ2v) is 3.57. The minimum Gasteiger partial charge on any atom is -0.508 e. The summed E-state index contributed by atoms with van der Waals surface area (Å²) in [5.74, 6) is -0.881. The van der Waals surface area contributed by atoms with E-state index in [1.165, 1.54) is 19.1 Å². The number of aliphatic carboxylic acids is 1. The van der Waals surface area contributed by atoms with Crippen LogP contribution in [0.5, 0.6) is 5.75 Å². The second kappa shape index (κ2) is 5.16. The van der Waals surface area contributed by atoms with E-state index in [1.807, 2.05) is 0 Å². The zero-order chi connectivity index (χ0) is 10.8. The molecule has 0 aliphatic carbocycles. The molecule has 0 aromatic heterocycles. The Bertz CT molecular complexity index is 335. The van der Waals surface area contributed by atoms with Crippen LogP contribution in [0.2, 0.25) is 0 Å². The van der Waals surface area contributed by atoms with Gasteiger partial charge in [0.15, 0.2) is 0 Å². The van der Waals surface area contributed by atoms with Gasteiger partial charge in [-0.25, -0.2) is 0 Å². The number of benzene rings is 1. The van der Waals surface area contributed by atoms with Gasteiger partial charge in [0.1, 0.15) is 11.3 Å². The predicted molar refractivity (Wildman–Crippen MR) is 52.0 cm³/mol. The van der Waals surface area contributed by atoms with E-state index in [4.69, 9.17) is 15.9 Å². The molecule has 0 aliphatic heterocycles. The molecule has 4 nitrogen and oxygen atoms in total. The van der Waals surface area contributed by atoms with Gasteiger partial charge in [-0.2, -0.15) is 0 Å². The molecule has 0 saturated carbocycles. The number of nitrogens with two attached hydrogens (primary N) is 1. The van der Waals surface area contributed by atoms with Crippen molar-refractivity contribution in [2.45, 2.75) is 18.9 Å². The predicted octanol–water partition coefficient (Wildman–Crippen LogP) is 0.734. The Balaban J connectivity index is 0.00000196. The Morgan fingerprint density at radius 1 is 1.40 bits per heavy atom. The Morgan fingerprint density at radius 2 is 1.87 bits per heavy atom. The minimum atomic E-state index is -1.27. The molecular weight excluding hydrogens is 246 g/mol. The molecular formula is C10H13CuNO3. The Morgan fingerprint density at radius 3 is 2.27 bits per heavy atom. The van der Waals surface area contributed by atoms with Crippen LogP contribution in [-0.2, 0) is 28.3 Å². The van der Waals surface area contributed by atoms with Gasteiger partial charge < -0.3 is 15.9 Å². The summed E-state index contributed by atoms with van der Waals surface area (Å²) in [6, 6.07) is 6.33. The molecule has 5 heteroatoms. The van der Waals surface area contributed by atoms with Crippen molar-refractivity contribution in [3.05, 3.63) is 29.8 Å². The summed E-state index contributed by atoms with van der Waals surface area (Å²) in [5, 5.41) is 17.8. The molecule has 87 valence electrons. The molecule has 15 heavy (non-hydrogen) atoms. The van der Waals surface area contributed by atoms with Crippen molar-refractivity contribution in [2.75, 3.05) is 0 Å². The van der Waals surface area contributed by atoms with E-state index in [0.29, 0.717) is 0 Å². The molecule has 0 spiro atoms. The number of carboxylic acid groups (broad SMARTS) is 1. The van der Waals surface area contributed by atoms with Crippen molar-refractivity contribution in [1.82, 2.24) is 0 Å². The first-order valence-electron chi connectivity index (χ1n) is 4.22. The monoisotopic (exact) mass is 258 g/mol. The van der Waals surface area contributed by atoms with Crippen LogP contribution in [0.4, 0.5) is 0 Å². The van der Waals surface area contributed by atoms with E-state index in [9.17, 15) is 4.79 Å². The quantitative estimate of drug-likeness (QED) is 0.698. The Hall–Kier alpha value is -1.03. The molecule has 0 fully saturated rings. The first kappa shape index (κ1) is 14.0. The fourth-order valence-electron chi connectivity index (χ4n) is 1.11. The summed E-state index contributed by atoms with van der Waals surface area (Å²) in [5.41, 5.74) is 5.09. The maximum atomic E-state index is 10.7. The molecule has 4 N–H and O–H groups in total. The fourth-order valence-corrected chi connectivity index (χ4v) is 1.11. The molecule has 1 atom stereocenters. The zero-order valence-electron chi connectivity index (χ0n) is 8.20. The van der Waals surface area contributed by atoms with Crippen molar-refractivity contribution >= 4 is 5.97 Å². The average Bonchev–Trinajstić information content (AvgIpc) is 2.08. The number of carboxylic acids is 1. The van der Waals surface area contributed by atoms with Crippen molar-refractivity contribution < 1.29 is 32.1 Å². The van der Waals surface area contributed by atoms with E-state index < -0.39 is 11.5 Å². The maximum Gasteiger partial charge on any atom is 0.323 e. The van der Waals surface area contributed by atoms with Gasteiger partial charge in [-0.05, 0) is 24.6 Å². The summed E-state index contributed by atoms with van der Waals surface area (Å²) >= 11 is 0. The van der Waals surface area contributed by atoms with Crippen molar-refractivity contribution in [3.8, 4) is 5.75 Å². The van der Waals surface area contributed by atoms with Gasteiger partial charge in [-0.1, -0.05) is 12.1 Å². The zero-order valence-corrected chi connectivity index (χ0v) is 9.14. The molecule has 0 heterocycles. The van der Waals surface area contributed by atoms with E-state index >= 15 is 0 Å². The van der Waals surface area contributed by atoms with Gasteiger partial charge in [0.05, 0.1) is 0 Å². The van der Waals surface area contributed by atoms with E-state index in [0.717, 1.165) is 5.56 Å². The summed E-state index contributed by atoms with van der Waals surface area (Å²) in [6.45, 7) is 1.46. The molecule has 1 rings (SSSR count). The van der Waals surface area contributed by atoms with Gasteiger partial charge in [-0.3, -0.25) is 4.79 Å². The van der Waals surface area contributed by atoms with Crippen LogP contribution in [0.25, 0.3) is 0 Å². The summed E-state index contributed by atoms with van der Waals surface area (Å²) in [7, 11) is 0. The second-order valence-electron chi connectivity index (χ2n) is 3.57. The third-order valence-corrected chi connectivity index (χ3v) is 2.00. The van der Waals surface area contributed by atoms with Gasteiger partial charge >= 0.3 is 5.97 Å². The van der Waals surface area contributed by atoms with Gasteiger partial charge in [-0.15, -0.1) is 0 Å². The SMILES string of the molecule is C[C@](N)(Cc1ccc(O)cc1)C(=O)O.[Cu]. The van der Waals surface area contributed by atoms with Crippen LogP contribution in [0, 0.1) is 0 Å². The van der Waals surface area contributed by atoms with Crippen LogP contribution < -0.4 is 5.73 Å². The smallest absolute Gasteiger partial charge is 0.323 e. The third-order valence-electron chi connectivity index (χ3n) is 2.00. The normalized spacial score (nSPS) is 13.7. The molecule has 1 aromatic rings. The number of aromatic hydroxyl groups is 1. The molecule has 0 bridgehead atoms. The van der Waals surface area contributed by atoms with Gasteiger partial charge in [0.25, 0.3) is 0 Å². The summed E-state index contributed by atoms with van der Waals surface area (Å²) in [4.78, 5) is 10.7. The average molecular weight is 259 g/mol. The Labute approximate surface area is 98.6 Å². The largest absolute Gasteiger partial charge is 0.508 e. The van der Waals surface area contributed by atoms with Crippen LogP contribution in [0.1, 0.15) is 12.5 Å². The molecule has 0 unspecified atom stereocenters. The maximum absolute atomic E-state index is 10.7. The van der Waals surface area contributed by atoms with Crippen LogP contribution in [-0.4, -0.2) is 21.7 Å². The molecule has 0 amide bonds. The van der Waals surface area contributed by atoms with E-state index in [2.05, 4.69) is 0 Å². The van der Waals surface area contributed by atoms with E-state index in [-0.39, 0.29) is 29.2 Å². The molecule has 1 aromatic carbocycles. The topological polar surface area (TPSA) is 83.5 Å². The first-order chi connectivity index (χ1) is 6.42. The number of hydrogen-bond acceptors (Lipinski definition) is 3. The van der Waals surface area contributed by atoms with Gasteiger partial charge in [0.2, 0.25) is 0 Å². The third kappa shape index (κ3) is 3.91. The number of carbonyl (C=O) groups is 1. The number of rotatable bonds is 3. The number of hydrogen-bond donors (Lipinski definition) is 3. The fraction of sp³-hybridized carbons (Fsp3) is 0.300. The van der Waals surface area contributed by atoms with E-state index in [1.54, 1.807) is 12.1 Å². The van der Waals surface area contributed by atoms with Crippen molar-refractivity contribution in [1.29, 1.82) is 0 Å². The van der Waals surface area contributed by atoms with Crippen LogP contribution in [0.15, 0.2) is 24.3 Å². The minimum absolute atomic E-state index is 0. The molecule has 0 saturated heterocycles. The van der Waals surface area contributed by atoms with Crippen LogP contribution >= 0.6 is 0 Å². The van der Waals surface area contributed by atoms with Crippen molar-refractivity contribution in [3.63, 3.8) is 0 Å². The molecule has 1 radical (unpaired) electrons. The Kier molecular flexibility index (Phi) is 4.81. The standard InChI is InChI=1S/C10H13NO3.Cu/c1-10(11,9(13)14)6-7-2-4-8(12)5-3-7;/h2-5,12H,6,11H2,1H3,(H,13,14);/t10-;/m0./s1. The van der Waals surface area contributed by atoms with Gasteiger partial charge in [0, 0.05) is 23.5 Å². The first-order valence-corrected chi connectivity index (χ1v) is 4.22. The summed E-state index contributed by atoms with van der Waals surface area (Å²) < 4.78 is 0. The number of phenolic OH excluding ortho intramolecular Hbond substituents is 1. The number of phenols is 1. The molecule has 0 aliphatic rings.